The average Bonchev–Trinajstić information content (AvgIpc) is 2.42. The predicted octanol–water partition coefficient (Wildman–Crippen LogP) is 2.65. The lowest BCUT2D eigenvalue weighted by Gasteiger charge is -2.22. The molecule has 0 unspecified atom stereocenters. The maximum absolute atomic E-state index is 5.30. The molecule has 0 bridgehead atoms. The normalized spacial score (nSPS) is 15.5. The molecule has 0 aromatic rings. The molecule has 1 N–H and O–H groups in total. The number of rotatable bonds is 6. The summed E-state index contributed by atoms with van der Waals surface area (Å²) in [5.74, 6) is 0.996. The predicted molar refractivity (Wildman–Crippen MR) is 92.5 cm³/mol. The summed E-state index contributed by atoms with van der Waals surface area (Å²) in [7, 11) is 3.94. The fraction of sp³-hybridized carbons (Fsp3) is 0.786. The number of unbranched alkanes of at least 4 members (excludes halogenated alkanes) is 1. The number of hydrogen-bond acceptors (Lipinski definition) is 2. The molecule has 1 rings (SSSR count). The molecule has 4 nitrogen and oxygen atoms in total. The van der Waals surface area contributed by atoms with E-state index >= 15 is 0 Å². The lowest BCUT2D eigenvalue weighted by Crippen LogP contribution is -2.39. The van der Waals surface area contributed by atoms with Gasteiger partial charge in [-0.15, -0.1) is 24.0 Å². The van der Waals surface area contributed by atoms with Crippen LogP contribution in [0.5, 0.6) is 0 Å². The standard InChI is InChI=1S/C14H27N3O.HI/c1-4-5-10-17(3)14(15-2)16-9-6-13-7-11-18-12-8-13;/h7H,4-6,8-12H2,1-3H3,(H,15,16);1H. The fourth-order valence-electron chi connectivity index (χ4n) is 2.01. The third kappa shape index (κ3) is 7.77. The maximum atomic E-state index is 5.30. The summed E-state index contributed by atoms with van der Waals surface area (Å²) in [6.07, 6.45) is 6.79. The first-order chi connectivity index (χ1) is 8.77. The first-order valence-corrected chi connectivity index (χ1v) is 6.95. The van der Waals surface area contributed by atoms with Crippen molar-refractivity contribution in [2.75, 3.05) is 40.4 Å². The smallest absolute Gasteiger partial charge is 0.193 e. The van der Waals surface area contributed by atoms with Crippen molar-refractivity contribution in [1.29, 1.82) is 0 Å². The van der Waals surface area contributed by atoms with Crippen LogP contribution in [0.4, 0.5) is 0 Å². The molecule has 1 heterocycles. The molecule has 0 fully saturated rings. The van der Waals surface area contributed by atoms with Crippen LogP contribution in [0, 0.1) is 0 Å². The van der Waals surface area contributed by atoms with E-state index in [1.807, 2.05) is 7.05 Å². The molecule has 19 heavy (non-hydrogen) atoms. The van der Waals surface area contributed by atoms with Crippen molar-refractivity contribution in [2.45, 2.75) is 32.6 Å². The van der Waals surface area contributed by atoms with Gasteiger partial charge < -0.3 is 15.0 Å². The van der Waals surface area contributed by atoms with E-state index < -0.39 is 0 Å². The van der Waals surface area contributed by atoms with Gasteiger partial charge in [-0.25, -0.2) is 0 Å². The zero-order valence-electron chi connectivity index (χ0n) is 12.4. The van der Waals surface area contributed by atoms with E-state index in [4.69, 9.17) is 4.74 Å². The molecule has 1 aliphatic heterocycles. The number of guanidine groups is 1. The van der Waals surface area contributed by atoms with Crippen molar-refractivity contribution in [1.82, 2.24) is 10.2 Å². The Kier molecular flexibility index (Phi) is 11.3. The lowest BCUT2D eigenvalue weighted by molar-refractivity contribution is 0.153. The molecule has 0 aromatic carbocycles. The van der Waals surface area contributed by atoms with E-state index in [0.29, 0.717) is 0 Å². The van der Waals surface area contributed by atoms with Crippen LogP contribution in [-0.2, 0) is 4.74 Å². The summed E-state index contributed by atoms with van der Waals surface area (Å²) in [6, 6.07) is 0. The number of aliphatic imine (C=N–C) groups is 1. The summed E-state index contributed by atoms with van der Waals surface area (Å²) >= 11 is 0. The molecule has 0 radical (unpaired) electrons. The zero-order chi connectivity index (χ0) is 13.2. The highest BCUT2D eigenvalue weighted by molar-refractivity contribution is 14.0. The molecule has 0 aliphatic carbocycles. The molecule has 112 valence electrons. The van der Waals surface area contributed by atoms with Crippen molar-refractivity contribution in [3.05, 3.63) is 11.6 Å². The van der Waals surface area contributed by atoms with Crippen molar-refractivity contribution < 1.29 is 4.74 Å². The minimum atomic E-state index is 0. The molecule has 0 aromatic heterocycles. The quantitative estimate of drug-likeness (QED) is 0.333. The average molecular weight is 381 g/mol. The largest absolute Gasteiger partial charge is 0.377 e. The molecule has 0 saturated carbocycles. The lowest BCUT2D eigenvalue weighted by atomic mass is 10.1. The summed E-state index contributed by atoms with van der Waals surface area (Å²) in [5, 5.41) is 3.42. The Bertz CT molecular complexity index is 292. The Labute approximate surface area is 134 Å². The van der Waals surface area contributed by atoms with Crippen molar-refractivity contribution in [2.24, 2.45) is 4.99 Å². The van der Waals surface area contributed by atoms with E-state index in [9.17, 15) is 0 Å². The van der Waals surface area contributed by atoms with Crippen LogP contribution < -0.4 is 5.32 Å². The molecule has 1 aliphatic rings. The van der Waals surface area contributed by atoms with Crippen LogP contribution in [0.2, 0.25) is 0 Å². The van der Waals surface area contributed by atoms with Gasteiger partial charge in [0.05, 0.1) is 13.2 Å². The number of hydrogen-bond donors (Lipinski definition) is 1. The van der Waals surface area contributed by atoms with Crippen LogP contribution in [-0.4, -0.2) is 51.3 Å². The Morgan fingerprint density at radius 1 is 1.53 bits per heavy atom. The van der Waals surface area contributed by atoms with Gasteiger partial charge in [0.15, 0.2) is 5.96 Å². The highest BCUT2D eigenvalue weighted by Crippen LogP contribution is 2.10. The van der Waals surface area contributed by atoms with Gasteiger partial charge in [-0.1, -0.05) is 25.0 Å². The van der Waals surface area contributed by atoms with Crippen LogP contribution in [0.15, 0.2) is 16.6 Å². The Morgan fingerprint density at radius 2 is 2.32 bits per heavy atom. The van der Waals surface area contributed by atoms with Gasteiger partial charge in [-0.3, -0.25) is 4.99 Å². The van der Waals surface area contributed by atoms with Gasteiger partial charge in [0.2, 0.25) is 0 Å². The monoisotopic (exact) mass is 381 g/mol. The summed E-state index contributed by atoms with van der Waals surface area (Å²) in [6.45, 7) is 5.88. The van der Waals surface area contributed by atoms with Gasteiger partial charge in [0, 0.05) is 27.2 Å². The van der Waals surface area contributed by atoms with E-state index in [1.54, 1.807) is 0 Å². The van der Waals surface area contributed by atoms with Crippen molar-refractivity contribution >= 4 is 29.9 Å². The number of ether oxygens (including phenoxy) is 1. The molecule has 0 atom stereocenters. The molecule has 0 spiro atoms. The van der Waals surface area contributed by atoms with Gasteiger partial charge in [0.25, 0.3) is 0 Å². The Hall–Kier alpha value is -0.300. The van der Waals surface area contributed by atoms with Crippen LogP contribution >= 0.6 is 24.0 Å². The third-order valence-corrected chi connectivity index (χ3v) is 3.21. The summed E-state index contributed by atoms with van der Waals surface area (Å²) in [5.41, 5.74) is 1.50. The first kappa shape index (κ1) is 18.7. The maximum Gasteiger partial charge on any atom is 0.193 e. The number of nitrogens with one attached hydrogen (secondary N) is 1. The van der Waals surface area contributed by atoms with Gasteiger partial charge in [-0.2, -0.15) is 0 Å². The third-order valence-electron chi connectivity index (χ3n) is 3.21. The molecule has 0 saturated heterocycles. The SMILES string of the molecule is CCCCN(C)C(=NC)NCCC1=CCOCC1.I. The van der Waals surface area contributed by atoms with E-state index in [-0.39, 0.29) is 24.0 Å². The minimum absolute atomic E-state index is 0. The second kappa shape index (κ2) is 11.5. The topological polar surface area (TPSA) is 36.9 Å². The van der Waals surface area contributed by atoms with E-state index in [0.717, 1.165) is 45.1 Å². The van der Waals surface area contributed by atoms with Gasteiger partial charge in [-0.05, 0) is 19.3 Å². The molecular weight excluding hydrogens is 353 g/mol. The first-order valence-electron chi connectivity index (χ1n) is 6.95. The van der Waals surface area contributed by atoms with Crippen LogP contribution in [0.1, 0.15) is 32.6 Å². The molecular formula is C14H28IN3O. The Morgan fingerprint density at radius 3 is 2.89 bits per heavy atom. The highest BCUT2D eigenvalue weighted by atomic mass is 127. The molecule has 5 heteroatoms. The summed E-state index contributed by atoms with van der Waals surface area (Å²) in [4.78, 5) is 6.51. The minimum Gasteiger partial charge on any atom is -0.377 e. The van der Waals surface area contributed by atoms with Gasteiger partial charge >= 0.3 is 0 Å². The van der Waals surface area contributed by atoms with E-state index in [2.05, 4.69) is 35.3 Å². The number of nitrogens with zero attached hydrogens (tertiary/aromatic N) is 2. The van der Waals surface area contributed by atoms with Crippen molar-refractivity contribution in [3.8, 4) is 0 Å². The van der Waals surface area contributed by atoms with Crippen LogP contribution in [0.3, 0.4) is 0 Å². The highest BCUT2D eigenvalue weighted by Gasteiger charge is 2.06. The van der Waals surface area contributed by atoms with E-state index in [1.165, 1.54) is 18.4 Å². The van der Waals surface area contributed by atoms with Crippen LogP contribution in [0.25, 0.3) is 0 Å². The Balaban J connectivity index is 0.00000324. The fourth-order valence-corrected chi connectivity index (χ4v) is 2.01. The zero-order valence-corrected chi connectivity index (χ0v) is 14.8. The second-order valence-corrected chi connectivity index (χ2v) is 4.69. The summed E-state index contributed by atoms with van der Waals surface area (Å²) < 4.78 is 5.30. The van der Waals surface area contributed by atoms with Gasteiger partial charge in [0.1, 0.15) is 0 Å². The molecule has 0 amide bonds. The second-order valence-electron chi connectivity index (χ2n) is 4.69. The number of halogens is 1. The van der Waals surface area contributed by atoms with Crippen molar-refractivity contribution in [3.63, 3.8) is 0 Å².